The molecule has 0 saturated heterocycles. The molecule has 0 bridgehead atoms. The third-order valence-corrected chi connectivity index (χ3v) is 3.94. The van der Waals surface area contributed by atoms with E-state index in [2.05, 4.69) is 45.1 Å². The third-order valence-electron chi connectivity index (χ3n) is 3.94. The Morgan fingerprint density at radius 3 is 2.50 bits per heavy atom. The van der Waals surface area contributed by atoms with E-state index < -0.39 is 0 Å². The zero-order valence-corrected chi connectivity index (χ0v) is 11.8. The molecule has 1 N–H and O–H groups in total. The molecule has 1 rings (SSSR count). The standard InChI is InChI=1S/C14H30N2/c1-11-6-7-14(12(2)10-11)15-13(3)8-9-16(4)5/h11-15H,6-10H2,1-5H3. The summed E-state index contributed by atoms with van der Waals surface area (Å²) in [6.45, 7) is 8.31. The van der Waals surface area contributed by atoms with Crippen LogP contribution < -0.4 is 5.32 Å². The van der Waals surface area contributed by atoms with Crippen molar-refractivity contribution in [2.75, 3.05) is 20.6 Å². The Kier molecular flexibility index (Phi) is 5.77. The van der Waals surface area contributed by atoms with Crippen LogP contribution in [0.3, 0.4) is 0 Å². The minimum absolute atomic E-state index is 0.656. The summed E-state index contributed by atoms with van der Waals surface area (Å²) in [5, 5.41) is 3.82. The largest absolute Gasteiger partial charge is 0.311 e. The van der Waals surface area contributed by atoms with Crippen LogP contribution in [-0.4, -0.2) is 37.6 Å². The monoisotopic (exact) mass is 226 g/mol. The first-order valence-corrected chi connectivity index (χ1v) is 6.89. The molecule has 16 heavy (non-hydrogen) atoms. The summed E-state index contributed by atoms with van der Waals surface area (Å²) in [4.78, 5) is 2.27. The number of nitrogens with zero attached hydrogens (tertiary/aromatic N) is 1. The predicted octanol–water partition coefficient (Wildman–Crippen LogP) is 2.74. The minimum Gasteiger partial charge on any atom is -0.311 e. The fourth-order valence-corrected chi connectivity index (χ4v) is 2.81. The van der Waals surface area contributed by atoms with Crippen molar-refractivity contribution in [3.05, 3.63) is 0 Å². The average Bonchev–Trinajstić information content (AvgIpc) is 2.19. The van der Waals surface area contributed by atoms with Gasteiger partial charge in [0.2, 0.25) is 0 Å². The Morgan fingerprint density at radius 2 is 1.94 bits per heavy atom. The van der Waals surface area contributed by atoms with E-state index in [1.165, 1.54) is 32.2 Å². The van der Waals surface area contributed by atoms with Gasteiger partial charge in [0.25, 0.3) is 0 Å². The molecule has 1 aliphatic rings. The van der Waals surface area contributed by atoms with Gasteiger partial charge in [-0.25, -0.2) is 0 Å². The zero-order chi connectivity index (χ0) is 12.1. The highest BCUT2D eigenvalue weighted by atomic mass is 15.1. The normalized spacial score (nSPS) is 33.0. The van der Waals surface area contributed by atoms with E-state index in [0.717, 1.165) is 17.9 Å². The molecule has 96 valence electrons. The maximum atomic E-state index is 3.82. The molecule has 0 spiro atoms. The molecular formula is C14H30N2. The van der Waals surface area contributed by atoms with E-state index in [0.29, 0.717) is 6.04 Å². The van der Waals surface area contributed by atoms with E-state index >= 15 is 0 Å². The quantitative estimate of drug-likeness (QED) is 0.775. The number of hydrogen-bond donors (Lipinski definition) is 1. The van der Waals surface area contributed by atoms with Crippen LogP contribution in [0.2, 0.25) is 0 Å². The molecule has 0 aromatic heterocycles. The van der Waals surface area contributed by atoms with Crippen molar-refractivity contribution in [3.8, 4) is 0 Å². The molecule has 1 saturated carbocycles. The molecule has 4 unspecified atom stereocenters. The first kappa shape index (κ1) is 14.0. The molecule has 4 atom stereocenters. The van der Waals surface area contributed by atoms with Crippen LogP contribution in [0.4, 0.5) is 0 Å². The van der Waals surface area contributed by atoms with E-state index in [-0.39, 0.29) is 0 Å². The lowest BCUT2D eigenvalue weighted by atomic mass is 9.79. The second-order valence-electron chi connectivity index (χ2n) is 6.16. The van der Waals surface area contributed by atoms with Crippen molar-refractivity contribution < 1.29 is 0 Å². The molecule has 0 aromatic carbocycles. The first-order chi connectivity index (χ1) is 7.49. The summed E-state index contributed by atoms with van der Waals surface area (Å²) in [5.74, 6) is 1.79. The Bertz CT molecular complexity index is 191. The van der Waals surface area contributed by atoms with Gasteiger partial charge in [0.1, 0.15) is 0 Å². The van der Waals surface area contributed by atoms with E-state index in [1.54, 1.807) is 0 Å². The maximum absolute atomic E-state index is 3.82. The summed E-state index contributed by atoms with van der Waals surface area (Å²) in [7, 11) is 4.30. The molecule has 2 heteroatoms. The summed E-state index contributed by atoms with van der Waals surface area (Å²) >= 11 is 0. The second-order valence-corrected chi connectivity index (χ2v) is 6.16. The first-order valence-electron chi connectivity index (χ1n) is 6.89. The van der Waals surface area contributed by atoms with Gasteiger partial charge in [-0.15, -0.1) is 0 Å². The summed E-state index contributed by atoms with van der Waals surface area (Å²) < 4.78 is 0. The van der Waals surface area contributed by atoms with Gasteiger partial charge in [-0.2, -0.15) is 0 Å². The van der Waals surface area contributed by atoms with Crippen molar-refractivity contribution in [1.29, 1.82) is 0 Å². The van der Waals surface area contributed by atoms with Crippen LogP contribution in [-0.2, 0) is 0 Å². The molecule has 0 aromatic rings. The van der Waals surface area contributed by atoms with Crippen LogP contribution in [0.5, 0.6) is 0 Å². The lowest BCUT2D eigenvalue weighted by Gasteiger charge is -2.35. The molecule has 2 nitrogen and oxygen atoms in total. The molecule has 0 amide bonds. The fourth-order valence-electron chi connectivity index (χ4n) is 2.81. The van der Waals surface area contributed by atoms with Crippen LogP contribution in [0.1, 0.15) is 46.5 Å². The predicted molar refractivity (Wildman–Crippen MR) is 71.7 cm³/mol. The summed E-state index contributed by atoms with van der Waals surface area (Å²) in [6.07, 6.45) is 5.43. The molecule has 0 radical (unpaired) electrons. The smallest absolute Gasteiger partial charge is 0.00953 e. The summed E-state index contributed by atoms with van der Waals surface area (Å²) in [6, 6.07) is 1.41. The van der Waals surface area contributed by atoms with Crippen LogP contribution in [0.15, 0.2) is 0 Å². The van der Waals surface area contributed by atoms with Crippen molar-refractivity contribution in [1.82, 2.24) is 10.2 Å². The zero-order valence-electron chi connectivity index (χ0n) is 11.8. The van der Waals surface area contributed by atoms with E-state index in [9.17, 15) is 0 Å². The van der Waals surface area contributed by atoms with Crippen molar-refractivity contribution in [3.63, 3.8) is 0 Å². The van der Waals surface area contributed by atoms with Gasteiger partial charge in [0, 0.05) is 12.1 Å². The highest BCUT2D eigenvalue weighted by molar-refractivity contribution is 4.82. The van der Waals surface area contributed by atoms with Crippen molar-refractivity contribution in [2.24, 2.45) is 11.8 Å². The lowest BCUT2D eigenvalue weighted by molar-refractivity contribution is 0.210. The molecule has 1 fully saturated rings. The highest BCUT2D eigenvalue weighted by Gasteiger charge is 2.25. The van der Waals surface area contributed by atoms with Gasteiger partial charge in [-0.1, -0.05) is 13.8 Å². The van der Waals surface area contributed by atoms with Crippen LogP contribution in [0.25, 0.3) is 0 Å². The maximum Gasteiger partial charge on any atom is 0.00953 e. The van der Waals surface area contributed by atoms with Gasteiger partial charge in [0.05, 0.1) is 0 Å². The lowest BCUT2D eigenvalue weighted by Crippen LogP contribution is -2.44. The average molecular weight is 226 g/mol. The SMILES string of the molecule is CC1CCC(NC(C)CCN(C)C)C(C)C1. The number of nitrogens with one attached hydrogen (secondary N) is 1. The Balaban J connectivity index is 2.25. The minimum atomic E-state index is 0.656. The number of hydrogen-bond acceptors (Lipinski definition) is 2. The van der Waals surface area contributed by atoms with Crippen LogP contribution in [0, 0.1) is 11.8 Å². The molecular weight excluding hydrogens is 196 g/mol. The Morgan fingerprint density at radius 1 is 1.25 bits per heavy atom. The van der Waals surface area contributed by atoms with Crippen LogP contribution >= 0.6 is 0 Å². The van der Waals surface area contributed by atoms with Gasteiger partial charge in [0.15, 0.2) is 0 Å². The second kappa shape index (κ2) is 6.61. The van der Waals surface area contributed by atoms with Crippen molar-refractivity contribution >= 4 is 0 Å². The third kappa shape index (κ3) is 4.84. The van der Waals surface area contributed by atoms with Crippen molar-refractivity contribution in [2.45, 2.75) is 58.5 Å². The molecule has 0 heterocycles. The molecule has 0 aliphatic heterocycles. The Labute approximate surface area is 102 Å². The van der Waals surface area contributed by atoms with Gasteiger partial charge >= 0.3 is 0 Å². The Hall–Kier alpha value is -0.0800. The molecule has 1 aliphatic carbocycles. The van der Waals surface area contributed by atoms with Gasteiger partial charge < -0.3 is 10.2 Å². The van der Waals surface area contributed by atoms with Gasteiger partial charge in [-0.3, -0.25) is 0 Å². The fraction of sp³-hybridized carbons (Fsp3) is 1.00. The van der Waals surface area contributed by atoms with Gasteiger partial charge in [-0.05, 0) is 65.1 Å². The number of rotatable bonds is 5. The summed E-state index contributed by atoms with van der Waals surface area (Å²) in [5.41, 5.74) is 0. The highest BCUT2D eigenvalue weighted by Crippen LogP contribution is 2.28. The topological polar surface area (TPSA) is 15.3 Å². The van der Waals surface area contributed by atoms with E-state index in [1.807, 2.05) is 0 Å². The van der Waals surface area contributed by atoms with E-state index in [4.69, 9.17) is 0 Å².